The number of thiazole rings is 1. The van der Waals surface area contributed by atoms with Gasteiger partial charge in [0.25, 0.3) is 5.91 Å². The first-order valence-corrected chi connectivity index (χ1v) is 7.90. The zero-order valence-electron chi connectivity index (χ0n) is 12.4. The van der Waals surface area contributed by atoms with Crippen LogP contribution in [-0.2, 0) is 0 Å². The van der Waals surface area contributed by atoms with Gasteiger partial charge < -0.3 is 20.1 Å². The quantitative estimate of drug-likeness (QED) is 0.885. The molecule has 0 saturated heterocycles. The van der Waals surface area contributed by atoms with Crippen molar-refractivity contribution in [1.82, 2.24) is 4.98 Å². The Hall–Kier alpha value is -2.28. The molecule has 22 heavy (non-hydrogen) atoms. The van der Waals surface area contributed by atoms with E-state index >= 15 is 0 Å². The van der Waals surface area contributed by atoms with Crippen LogP contribution in [0, 0.1) is 5.92 Å². The molecule has 0 atom stereocenters. The molecule has 2 N–H and O–H groups in total. The number of rotatable bonds is 5. The highest BCUT2D eigenvalue weighted by Gasteiger charge is 2.16. The first-order valence-electron chi connectivity index (χ1n) is 7.02. The number of ether oxygens (including phenoxy) is 2. The Morgan fingerprint density at radius 3 is 3.00 bits per heavy atom. The Morgan fingerprint density at radius 1 is 1.36 bits per heavy atom. The highest BCUT2D eigenvalue weighted by molar-refractivity contribution is 7.13. The monoisotopic (exact) mass is 319 g/mol. The third kappa shape index (κ3) is 3.30. The lowest BCUT2D eigenvalue weighted by Gasteiger charge is -2.05. The third-order valence-electron chi connectivity index (χ3n) is 3.03. The van der Waals surface area contributed by atoms with E-state index in [1.165, 1.54) is 11.3 Å². The van der Waals surface area contributed by atoms with E-state index in [2.05, 4.69) is 29.5 Å². The third-order valence-corrected chi connectivity index (χ3v) is 3.83. The van der Waals surface area contributed by atoms with Crippen molar-refractivity contribution >= 4 is 28.1 Å². The van der Waals surface area contributed by atoms with Gasteiger partial charge in [-0.3, -0.25) is 4.79 Å². The van der Waals surface area contributed by atoms with Crippen molar-refractivity contribution in [3.63, 3.8) is 0 Å². The van der Waals surface area contributed by atoms with Crippen molar-refractivity contribution in [3.05, 3.63) is 29.3 Å². The van der Waals surface area contributed by atoms with Crippen LogP contribution in [0.5, 0.6) is 11.5 Å². The molecule has 7 heteroatoms. The van der Waals surface area contributed by atoms with Crippen LogP contribution < -0.4 is 20.1 Å². The lowest BCUT2D eigenvalue weighted by atomic mass is 10.2. The molecule has 2 aromatic rings. The number of aromatic nitrogens is 1. The van der Waals surface area contributed by atoms with E-state index in [1.54, 1.807) is 23.6 Å². The molecule has 6 nitrogen and oxygen atoms in total. The van der Waals surface area contributed by atoms with E-state index in [9.17, 15) is 4.79 Å². The van der Waals surface area contributed by atoms with Crippen LogP contribution in [-0.4, -0.2) is 24.2 Å². The Labute approximate surface area is 132 Å². The number of carbonyl (C=O) groups is 1. The number of anilines is 2. The summed E-state index contributed by atoms with van der Waals surface area (Å²) in [6, 6.07) is 5.29. The molecule has 0 radical (unpaired) electrons. The summed E-state index contributed by atoms with van der Waals surface area (Å²) in [6.45, 7) is 5.28. The average Bonchev–Trinajstić information content (AvgIpc) is 3.13. The van der Waals surface area contributed by atoms with Gasteiger partial charge in [0, 0.05) is 23.7 Å². The fraction of sp³-hybridized carbons (Fsp3) is 0.333. The summed E-state index contributed by atoms with van der Waals surface area (Å²) >= 11 is 1.42. The van der Waals surface area contributed by atoms with Gasteiger partial charge in [-0.1, -0.05) is 13.8 Å². The fourth-order valence-corrected chi connectivity index (χ4v) is 2.62. The molecule has 1 aromatic carbocycles. The number of hydrogen-bond acceptors (Lipinski definition) is 6. The second kappa shape index (κ2) is 6.23. The van der Waals surface area contributed by atoms with E-state index < -0.39 is 0 Å². The molecular weight excluding hydrogens is 302 g/mol. The van der Waals surface area contributed by atoms with E-state index in [0.717, 1.165) is 11.7 Å². The molecule has 0 saturated carbocycles. The van der Waals surface area contributed by atoms with Crippen molar-refractivity contribution in [2.24, 2.45) is 5.92 Å². The maximum atomic E-state index is 12.2. The minimum atomic E-state index is -0.243. The number of nitrogens with one attached hydrogen (secondary N) is 2. The number of benzene rings is 1. The number of amides is 1. The van der Waals surface area contributed by atoms with E-state index in [4.69, 9.17) is 9.47 Å². The van der Waals surface area contributed by atoms with Crippen molar-refractivity contribution in [3.8, 4) is 11.5 Å². The fourth-order valence-electron chi connectivity index (χ4n) is 1.92. The van der Waals surface area contributed by atoms with Crippen LogP contribution in [0.1, 0.15) is 24.3 Å². The van der Waals surface area contributed by atoms with Crippen LogP contribution in [0.4, 0.5) is 10.8 Å². The lowest BCUT2D eigenvalue weighted by molar-refractivity contribution is 0.102. The number of carbonyl (C=O) groups excluding carboxylic acids is 1. The van der Waals surface area contributed by atoms with E-state index in [0.29, 0.717) is 28.8 Å². The predicted molar refractivity (Wildman–Crippen MR) is 86.0 cm³/mol. The van der Waals surface area contributed by atoms with Gasteiger partial charge in [-0.05, 0) is 18.1 Å². The highest BCUT2D eigenvalue weighted by Crippen LogP contribution is 2.34. The summed E-state index contributed by atoms with van der Waals surface area (Å²) < 4.78 is 10.5. The summed E-state index contributed by atoms with van der Waals surface area (Å²) in [7, 11) is 0. The van der Waals surface area contributed by atoms with Crippen LogP contribution in [0.15, 0.2) is 23.6 Å². The van der Waals surface area contributed by atoms with Gasteiger partial charge in [-0.25, -0.2) is 4.98 Å². The largest absolute Gasteiger partial charge is 0.454 e. The van der Waals surface area contributed by atoms with Gasteiger partial charge in [-0.15, -0.1) is 11.3 Å². The lowest BCUT2D eigenvalue weighted by Crippen LogP contribution is -2.13. The molecule has 0 bridgehead atoms. The van der Waals surface area contributed by atoms with Gasteiger partial charge in [0.1, 0.15) is 5.69 Å². The molecule has 3 rings (SSSR count). The minimum absolute atomic E-state index is 0.212. The van der Waals surface area contributed by atoms with Crippen LogP contribution in [0.25, 0.3) is 0 Å². The molecule has 1 aromatic heterocycles. The topological polar surface area (TPSA) is 72.5 Å². The number of nitrogens with zero attached hydrogens (tertiary/aromatic N) is 1. The maximum Gasteiger partial charge on any atom is 0.275 e. The average molecular weight is 319 g/mol. The molecule has 1 amide bonds. The molecule has 0 unspecified atom stereocenters. The molecular formula is C15H17N3O3S. The van der Waals surface area contributed by atoms with Gasteiger partial charge in [0.15, 0.2) is 16.6 Å². The standard InChI is InChI=1S/C15H17N3O3S/c1-9(2)6-16-15-18-11(7-22-15)14(19)17-10-3-4-12-13(5-10)21-8-20-12/h3-5,7,9H,6,8H2,1-2H3,(H,16,18)(H,17,19). The Bertz CT molecular complexity index is 684. The molecule has 2 heterocycles. The van der Waals surface area contributed by atoms with Gasteiger partial charge in [0.05, 0.1) is 0 Å². The first-order chi connectivity index (χ1) is 10.6. The van der Waals surface area contributed by atoms with Crippen molar-refractivity contribution in [2.45, 2.75) is 13.8 Å². The summed E-state index contributed by atoms with van der Waals surface area (Å²) in [5.74, 6) is 1.60. The van der Waals surface area contributed by atoms with Crippen LogP contribution in [0.2, 0.25) is 0 Å². The Balaban J connectivity index is 1.64. The molecule has 1 aliphatic rings. The van der Waals surface area contributed by atoms with Gasteiger partial charge in [0.2, 0.25) is 6.79 Å². The smallest absolute Gasteiger partial charge is 0.275 e. The minimum Gasteiger partial charge on any atom is -0.454 e. The molecule has 1 aliphatic heterocycles. The van der Waals surface area contributed by atoms with E-state index in [-0.39, 0.29) is 12.7 Å². The van der Waals surface area contributed by atoms with Crippen molar-refractivity contribution in [2.75, 3.05) is 24.0 Å². The SMILES string of the molecule is CC(C)CNc1nc(C(=O)Nc2ccc3c(c2)OCO3)cs1. The second-order valence-corrected chi connectivity index (χ2v) is 6.19. The van der Waals surface area contributed by atoms with Crippen LogP contribution in [0.3, 0.4) is 0 Å². The van der Waals surface area contributed by atoms with Crippen molar-refractivity contribution in [1.29, 1.82) is 0 Å². The Kier molecular flexibility index (Phi) is 4.15. The summed E-state index contributed by atoms with van der Waals surface area (Å²) in [5.41, 5.74) is 1.05. The Morgan fingerprint density at radius 2 is 2.18 bits per heavy atom. The van der Waals surface area contributed by atoms with Gasteiger partial charge >= 0.3 is 0 Å². The summed E-state index contributed by atoms with van der Waals surface area (Å²) in [4.78, 5) is 16.5. The highest BCUT2D eigenvalue weighted by atomic mass is 32.1. The van der Waals surface area contributed by atoms with E-state index in [1.807, 2.05) is 0 Å². The molecule has 116 valence electrons. The number of fused-ring (bicyclic) bond motifs is 1. The van der Waals surface area contributed by atoms with Gasteiger partial charge in [-0.2, -0.15) is 0 Å². The zero-order chi connectivity index (χ0) is 15.5. The maximum absolute atomic E-state index is 12.2. The predicted octanol–water partition coefficient (Wildman–Crippen LogP) is 3.19. The second-order valence-electron chi connectivity index (χ2n) is 5.33. The normalized spacial score (nSPS) is 12.5. The number of hydrogen-bond donors (Lipinski definition) is 2. The molecule has 0 aliphatic carbocycles. The van der Waals surface area contributed by atoms with Crippen molar-refractivity contribution < 1.29 is 14.3 Å². The van der Waals surface area contributed by atoms with Crippen LogP contribution >= 0.6 is 11.3 Å². The molecule has 0 fully saturated rings. The first kappa shape index (κ1) is 14.6. The zero-order valence-corrected chi connectivity index (χ0v) is 13.2. The summed E-state index contributed by atoms with van der Waals surface area (Å²) in [5, 5.41) is 8.51. The summed E-state index contributed by atoms with van der Waals surface area (Å²) in [6.07, 6.45) is 0. The molecule has 0 spiro atoms.